The minimum atomic E-state index is -0.344. The maximum Gasteiger partial charge on any atom is 0.0976 e. The van der Waals surface area contributed by atoms with Crippen LogP contribution in [0, 0.1) is 27.7 Å². The Balaban J connectivity index is 3.44. The first kappa shape index (κ1) is 16.5. The molecule has 0 aromatic carbocycles. The summed E-state index contributed by atoms with van der Waals surface area (Å²) < 4.78 is 0. The summed E-state index contributed by atoms with van der Waals surface area (Å²) in [4.78, 5) is 13.8. The Morgan fingerprint density at radius 3 is 1.95 bits per heavy atom. The van der Waals surface area contributed by atoms with Gasteiger partial charge in [-0.15, -0.1) is 0 Å². The van der Waals surface area contributed by atoms with Gasteiger partial charge in [0.25, 0.3) is 0 Å². The van der Waals surface area contributed by atoms with E-state index in [9.17, 15) is 0 Å². The Morgan fingerprint density at radius 2 is 1.45 bits per heavy atom. The van der Waals surface area contributed by atoms with Crippen molar-refractivity contribution < 1.29 is 0 Å². The highest BCUT2D eigenvalue weighted by Gasteiger charge is 2.25. The Kier molecular flexibility index (Phi) is 4.85. The van der Waals surface area contributed by atoms with Crippen LogP contribution in [0.3, 0.4) is 0 Å². The van der Waals surface area contributed by atoms with E-state index in [1.54, 1.807) is 7.05 Å². The van der Waals surface area contributed by atoms with Crippen LogP contribution in [0.1, 0.15) is 55.8 Å². The van der Waals surface area contributed by atoms with Crippen molar-refractivity contribution in [2.45, 2.75) is 60.9 Å². The topological polar surface area (TPSA) is 37.6 Å². The summed E-state index contributed by atoms with van der Waals surface area (Å²) in [7, 11) is 1.80. The molecule has 0 atom stereocenters. The van der Waals surface area contributed by atoms with Crippen LogP contribution in [-0.2, 0) is 5.54 Å². The van der Waals surface area contributed by atoms with E-state index in [-0.39, 0.29) is 5.54 Å². The lowest BCUT2D eigenvalue weighted by Crippen LogP contribution is -2.23. The van der Waals surface area contributed by atoms with Crippen LogP contribution in [0.5, 0.6) is 0 Å². The minimum absolute atomic E-state index is 0.344. The van der Waals surface area contributed by atoms with E-state index in [0.29, 0.717) is 0 Å². The zero-order valence-electron chi connectivity index (χ0n) is 14.3. The first-order valence-corrected chi connectivity index (χ1v) is 7.07. The Bertz CT molecular complexity index is 578. The van der Waals surface area contributed by atoms with Crippen LogP contribution in [0.2, 0.25) is 0 Å². The van der Waals surface area contributed by atoms with Crippen molar-refractivity contribution >= 4 is 11.4 Å². The summed E-state index contributed by atoms with van der Waals surface area (Å²) in [5.41, 5.74) is 7.56. The number of nitrogens with zero attached hydrogens (tertiary/aromatic N) is 3. The molecule has 0 radical (unpaired) electrons. The lowest BCUT2D eigenvalue weighted by Gasteiger charge is -2.25. The van der Waals surface area contributed by atoms with Crippen molar-refractivity contribution in [2.75, 3.05) is 7.05 Å². The van der Waals surface area contributed by atoms with Gasteiger partial charge in [0.1, 0.15) is 0 Å². The molecule has 3 nitrogen and oxygen atoms in total. The maximum absolute atomic E-state index is 4.85. The molecule has 0 aliphatic rings. The normalized spacial score (nSPS) is 13.8. The molecular formula is C17H27N3. The Hall–Kier alpha value is -1.51. The lowest BCUT2D eigenvalue weighted by atomic mass is 9.91. The van der Waals surface area contributed by atoms with Gasteiger partial charge in [-0.1, -0.05) is 0 Å². The van der Waals surface area contributed by atoms with Gasteiger partial charge in [0.05, 0.1) is 22.7 Å². The lowest BCUT2D eigenvalue weighted by molar-refractivity contribution is 0.533. The third-order valence-electron chi connectivity index (χ3n) is 4.19. The molecule has 1 rings (SSSR count). The van der Waals surface area contributed by atoms with E-state index in [2.05, 4.69) is 46.5 Å². The molecule has 0 N–H and O–H groups in total. The van der Waals surface area contributed by atoms with E-state index in [1.807, 2.05) is 13.8 Å². The van der Waals surface area contributed by atoms with Crippen molar-refractivity contribution in [3.63, 3.8) is 0 Å². The molecule has 1 aromatic rings. The van der Waals surface area contributed by atoms with Crippen molar-refractivity contribution in [3.05, 3.63) is 28.1 Å². The summed E-state index contributed by atoms with van der Waals surface area (Å²) in [5.74, 6) is 0. The molecule has 20 heavy (non-hydrogen) atoms. The fourth-order valence-corrected chi connectivity index (χ4v) is 2.38. The van der Waals surface area contributed by atoms with E-state index >= 15 is 0 Å². The second-order valence-electron chi connectivity index (χ2n) is 5.99. The predicted octanol–water partition coefficient (Wildman–Crippen LogP) is 4.10. The van der Waals surface area contributed by atoms with Gasteiger partial charge in [0.2, 0.25) is 0 Å². The van der Waals surface area contributed by atoms with Gasteiger partial charge in [0, 0.05) is 12.7 Å². The number of aliphatic imine (C=N–C) groups is 2. The van der Waals surface area contributed by atoms with Crippen LogP contribution in [0.15, 0.2) is 9.98 Å². The van der Waals surface area contributed by atoms with Crippen molar-refractivity contribution in [2.24, 2.45) is 9.98 Å². The monoisotopic (exact) mass is 273 g/mol. The second kappa shape index (κ2) is 5.86. The van der Waals surface area contributed by atoms with Gasteiger partial charge in [-0.25, -0.2) is 0 Å². The summed E-state index contributed by atoms with van der Waals surface area (Å²) in [6.45, 7) is 16.7. The number of hydrogen-bond acceptors (Lipinski definition) is 3. The molecule has 0 fully saturated rings. The van der Waals surface area contributed by atoms with Gasteiger partial charge < -0.3 is 0 Å². The number of rotatable bonds is 3. The van der Waals surface area contributed by atoms with E-state index in [0.717, 1.165) is 22.8 Å². The molecule has 3 heteroatoms. The minimum Gasteiger partial charge on any atom is -0.292 e. The summed E-state index contributed by atoms with van der Waals surface area (Å²) >= 11 is 0. The maximum atomic E-state index is 4.85. The second-order valence-corrected chi connectivity index (χ2v) is 5.99. The van der Waals surface area contributed by atoms with Gasteiger partial charge in [-0.2, -0.15) is 0 Å². The molecule has 0 bridgehead atoms. The zero-order chi connectivity index (χ0) is 15.7. The van der Waals surface area contributed by atoms with Crippen LogP contribution in [0.4, 0.5) is 0 Å². The molecule has 0 aliphatic heterocycles. The summed E-state index contributed by atoms with van der Waals surface area (Å²) in [6.07, 6.45) is 0. The fraction of sp³-hybridized carbons (Fsp3) is 0.588. The Morgan fingerprint density at radius 1 is 0.900 bits per heavy atom. The molecule has 1 aromatic heterocycles. The third-order valence-corrected chi connectivity index (χ3v) is 4.19. The van der Waals surface area contributed by atoms with Crippen molar-refractivity contribution in [1.29, 1.82) is 0 Å². The average Bonchev–Trinajstić information content (AvgIpc) is 2.38. The van der Waals surface area contributed by atoms with E-state index in [4.69, 9.17) is 9.98 Å². The van der Waals surface area contributed by atoms with Crippen LogP contribution < -0.4 is 0 Å². The number of aromatic nitrogens is 1. The number of pyridine rings is 1. The van der Waals surface area contributed by atoms with Gasteiger partial charge in [-0.05, 0) is 72.1 Å². The van der Waals surface area contributed by atoms with Crippen LogP contribution >= 0.6 is 0 Å². The highest BCUT2D eigenvalue weighted by Crippen LogP contribution is 2.30. The highest BCUT2D eigenvalue weighted by molar-refractivity contribution is 6.40. The summed E-state index contributed by atoms with van der Waals surface area (Å²) in [6, 6.07) is 0. The third kappa shape index (κ3) is 3.14. The zero-order valence-corrected chi connectivity index (χ0v) is 14.3. The van der Waals surface area contributed by atoms with Crippen LogP contribution in [0.25, 0.3) is 0 Å². The molecule has 0 saturated carbocycles. The van der Waals surface area contributed by atoms with E-state index in [1.165, 1.54) is 16.7 Å². The van der Waals surface area contributed by atoms with Crippen molar-refractivity contribution in [3.8, 4) is 0 Å². The Labute approximate surface area is 123 Å². The number of aryl methyl sites for hydroxylation is 1. The quantitative estimate of drug-likeness (QED) is 0.764. The van der Waals surface area contributed by atoms with Gasteiger partial charge >= 0.3 is 0 Å². The molecule has 0 unspecified atom stereocenters. The molecule has 1 heterocycles. The smallest absolute Gasteiger partial charge is 0.0976 e. The van der Waals surface area contributed by atoms with Crippen LogP contribution in [-0.4, -0.2) is 23.5 Å². The molecule has 0 saturated heterocycles. The fourth-order valence-electron chi connectivity index (χ4n) is 2.38. The van der Waals surface area contributed by atoms with Crippen molar-refractivity contribution in [1.82, 2.24) is 4.98 Å². The molecular weight excluding hydrogens is 246 g/mol. The molecule has 0 aliphatic carbocycles. The predicted molar refractivity (Wildman–Crippen MR) is 88.4 cm³/mol. The molecule has 0 spiro atoms. The molecule has 0 amide bonds. The average molecular weight is 273 g/mol. The number of hydrogen-bond donors (Lipinski definition) is 0. The van der Waals surface area contributed by atoms with Gasteiger partial charge in [0.15, 0.2) is 0 Å². The largest absolute Gasteiger partial charge is 0.292 e. The molecule has 110 valence electrons. The summed E-state index contributed by atoms with van der Waals surface area (Å²) in [5, 5.41) is 0. The first-order chi connectivity index (χ1) is 9.11. The van der Waals surface area contributed by atoms with E-state index < -0.39 is 0 Å². The van der Waals surface area contributed by atoms with Gasteiger partial charge in [-0.3, -0.25) is 15.0 Å². The standard InChI is InChI=1S/C17H27N3/c1-10-11(2)13(4)19-16(12(10)3)17(7,8)20-15(6)14(5)18-9/h1-9H3. The SMILES string of the molecule is CN=C(C)C(C)=NC(C)(C)c1nc(C)c(C)c(C)c1C. The first-order valence-electron chi connectivity index (χ1n) is 7.07. The highest BCUT2D eigenvalue weighted by atomic mass is 14.9.